The average Bonchev–Trinajstić information content (AvgIpc) is 2.38. The van der Waals surface area contributed by atoms with Gasteiger partial charge >= 0.3 is 0 Å². The van der Waals surface area contributed by atoms with E-state index in [0.717, 1.165) is 18.1 Å². The first-order valence-electron chi connectivity index (χ1n) is 5.70. The molecule has 0 radical (unpaired) electrons. The van der Waals surface area contributed by atoms with E-state index in [1.54, 1.807) is 0 Å². The van der Waals surface area contributed by atoms with E-state index in [-0.39, 0.29) is 0 Å². The minimum Gasteiger partial charge on any atom is -0.309 e. The maximum absolute atomic E-state index is 8.71. The largest absolute Gasteiger partial charge is 0.309 e. The zero-order valence-electron chi connectivity index (χ0n) is 10.1. The predicted molar refractivity (Wildman–Crippen MR) is 75.1 cm³/mol. The normalized spacial score (nSPS) is 11.8. The van der Waals surface area contributed by atoms with Crippen molar-refractivity contribution in [2.75, 3.05) is 18.1 Å². The lowest BCUT2D eigenvalue weighted by atomic mass is 10.1. The molecule has 17 heavy (non-hydrogen) atoms. The van der Waals surface area contributed by atoms with E-state index < -0.39 is 0 Å². The van der Waals surface area contributed by atoms with Crippen molar-refractivity contribution in [1.82, 2.24) is 5.32 Å². The molecule has 0 saturated heterocycles. The molecule has 0 saturated carbocycles. The molecule has 0 fully saturated rings. The fourth-order valence-electron chi connectivity index (χ4n) is 1.48. The quantitative estimate of drug-likeness (QED) is 0.593. The van der Waals surface area contributed by atoms with Crippen LogP contribution in [0.5, 0.6) is 0 Å². The maximum Gasteiger partial charge on any atom is 0.0991 e. The molecule has 0 spiro atoms. The standard InChI is InChI=1S/C14H18N2S/c1-3-9-17-10-8-16-12(2)14-6-4-13(11-15)5-7-14/h3-7,12,16H,1,8-10H2,2H3. The van der Waals surface area contributed by atoms with Gasteiger partial charge in [-0.2, -0.15) is 17.0 Å². The number of rotatable bonds is 7. The monoisotopic (exact) mass is 246 g/mol. The molecule has 0 bridgehead atoms. The van der Waals surface area contributed by atoms with Crippen molar-refractivity contribution in [1.29, 1.82) is 5.26 Å². The number of hydrogen-bond acceptors (Lipinski definition) is 3. The van der Waals surface area contributed by atoms with Gasteiger partial charge in [0.15, 0.2) is 0 Å². The summed E-state index contributed by atoms with van der Waals surface area (Å²) in [6, 6.07) is 10.2. The minimum atomic E-state index is 0.326. The van der Waals surface area contributed by atoms with Gasteiger partial charge in [0.1, 0.15) is 0 Å². The topological polar surface area (TPSA) is 35.8 Å². The fraction of sp³-hybridized carbons (Fsp3) is 0.357. The van der Waals surface area contributed by atoms with Crippen LogP contribution in [-0.4, -0.2) is 18.1 Å². The van der Waals surface area contributed by atoms with Gasteiger partial charge < -0.3 is 5.32 Å². The minimum absolute atomic E-state index is 0.326. The van der Waals surface area contributed by atoms with Crippen LogP contribution in [-0.2, 0) is 0 Å². The van der Waals surface area contributed by atoms with Crippen LogP contribution in [0.15, 0.2) is 36.9 Å². The third kappa shape index (κ3) is 5.08. The summed E-state index contributed by atoms with van der Waals surface area (Å²) in [6.45, 7) is 6.81. The lowest BCUT2D eigenvalue weighted by molar-refractivity contribution is 0.601. The van der Waals surface area contributed by atoms with Crippen molar-refractivity contribution in [2.24, 2.45) is 0 Å². The molecule has 0 aliphatic rings. The summed E-state index contributed by atoms with van der Waals surface area (Å²) in [5.74, 6) is 2.10. The Hall–Kier alpha value is -1.24. The highest BCUT2D eigenvalue weighted by Crippen LogP contribution is 2.13. The summed E-state index contributed by atoms with van der Waals surface area (Å²) >= 11 is 1.87. The van der Waals surface area contributed by atoms with Gasteiger partial charge in [-0.1, -0.05) is 18.2 Å². The molecule has 2 nitrogen and oxygen atoms in total. The average molecular weight is 246 g/mol. The van der Waals surface area contributed by atoms with Gasteiger partial charge in [-0.3, -0.25) is 0 Å². The Bertz CT molecular complexity index is 378. The Labute approximate surface area is 108 Å². The van der Waals surface area contributed by atoms with Gasteiger partial charge in [0.2, 0.25) is 0 Å². The zero-order chi connectivity index (χ0) is 12.5. The summed E-state index contributed by atoms with van der Waals surface area (Å²) in [5.41, 5.74) is 1.93. The lowest BCUT2D eigenvalue weighted by Gasteiger charge is -2.13. The highest BCUT2D eigenvalue weighted by molar-refractivity contribution is 7.99. The molecular formula is C14H18N2S. The van der Waals surface area contributed by atoms with Crippen LogP contribution in [0.3, 0.4) is 0 Å². The van der Waals surface area contributed by atoms with Gasteiger partial charge in [-0.05, 0) is 24.6 Å². The van der Waals surface area contributed by atoms with E-state index in [1.807, 2.05) is 42.1 Å². The smallest absolute Gasteiger partial charge is 0.0991 e. The predicted octanol–water partition coefficient (Wildman–Crippen LogP) is 3.13. The first kappa shape index (κ1) is 13.8. The van der Waals surface area contributed by atoms with Gasteiger partial charge in [0.25, 0.3) is 0 Å². The molecule has 0 heterocycles. The molecule has 1 aromatic carbocycles. The molecule has 1 rings (SSSR count). The van der Waals surface area contributed by atoms with Crippen molar-refractivity contribution >= 4 is 11.8 Å². The first-order chi connectivity index (χ1) is 8.27. The van der Waals surface area contributed by atoms with Crippen molar-refractivity contribution in [2.45, 2.75) is 13.0 Å². The third-order valence-corrected chi connectivity index (χ3v) is 3.44. The Kier molecular flexibility index (Phi) is 6.46. The van der Waals surface area contributed by atoms with Gasteiger partial charge in [0.05, 0.1) is 11.6 Å². The first-order valence-corrected chi connectivity index (χ1v) is 6.85. The van der Waals surface area contributed by atoms with Crippen LogP contribution < -0.4 is 5.32 Å². The Morgan fingerprint density at radius 3 is 2.76 bits per heavy atom. The van der Waals surface area contributed by atoms with Gasteiger partial charge in [-0.25, -0.2) is 0 Å². The van der Waals surface area contributed by atoms with Crippen molar-refractivity contribution in [3.05, 3.63) is 48.0 Å². The molecule has 1 N–H and O–H groups in total. The van der Waals surface area contributed by atoms with E-state index >= 15 is 0 Å². The molecule has 0 aliphatic heterocycles. The number of benzene rings is 1. The van der Waals surface area contributed by atoms with Crippen LogP contribution >= 0.6 is 11.8 Å². The van der Waals surface area contributed by atoms with E-state index in [4.69, 9.17) is 5.26 Å². The molecule has 3 heteroatoms. The molecule has 1 atom stereocenters. The number of hydrogen-bond donors (Lipinski definition) is 1. The Balaban J connectivity index is 2.33. The van der Waals surface area contributed by atoms with Gasteiger partial charge in [-0.15, -0.1) is 6.58 Å². The van der Waals surface area contributed by atoms with Crippen LogP contribution in [0.4, 0.5) is 0 Å². The summed E-state index contributed by atoms with van der Waals surface area (Å²) in [5, 5.41) is 12.2. The van der Waals surface area contributed by atoms with E-state index in [0.29, 0.717) is 11.6 Å². The highest BCUT2D eigenvalue weighted by atomic mass is 32.2. The summed E-state index contributed by atoms with van der Waals surface area (Å²) in [4.78, 5) is 0. The molecule has 0 amide bonds. The van der Waals surface area contributed by atoms with Crippen molar-refractivity contribution in [3.63, 3.8) is 0 Å². The van der Waals surface area contributed by atoms with E-state index in [1.165, 1.54) is 5.56 Å². The van der Waals surface area contributed by atoms with Crippen molar-refractivity contribution < 1.29 is 0 Å². The Morgan fingerprint density at radius 2 is 2.18 bits per heavy atom. The second-order valence-corrected chi connectivity index (χ2v) is 4.92. The Morgan fingerprint density at radius 1 is 1.47 bits per heavy atom. The molecular weight excluding hydrogens is 228 g/mol. The number of thioether (sulfide) groups is 1. The summed E-state index contributed by atoms with van der Waals surface area (Å²) < 4.78 is 0. The summed E-state index contributed by atoms with van der Waals surface area (Å²) in [6.07, 6.45) is 1.93. The van der Waals surface area contributed by atoms with Gasteiger partial charge in [0, 0.05) is 24.1 Å². The number of nitrogens with zero attached hydrogens (tertiary/aromatic N) is 1. The second-order valence-electron chi connectivity index (χ2n) is 3.77. The highest BCUT2D eigenvalue weighted by Gasteiger charge is 2.03. The zero-order valence-corrected chi connectivity index (χ0v) is 11.0. The van der Waals surface area contributed by atoms with Crippen LogP contribution in [0, 0.1) is 11.3 Å². The molecule has 0 aromatic heterocycles. The molecule has 90 valence electrons. The van der Waals surface area contributed by atoms with Crippen LogP contribution in [0.2, 0.25) is 0 Å². The molecule has 1 aromatic rings. The van der Waals surface area contributed by atoms with E-state index in [2.05, 4.69) is 24.9 Å². The number of nitriles is 1. The van der Waals surface area contributed by atoms with Crippen molar-refractivity contribution in [3.8, 4) is 6.07 Å². The van der Waals surface area contributed by atoms with Crippen LogP contribution in [0.25, 0.3) is 0 Å². The lowest BCUT2D eigenvalue weighted by Crippen LogP contribution is -2.21. The fourth-order valence-corrected chi connectivity index (χ4v) is 2.07. The summed E-state index contributed by atoms with van der Waals surface area (Å²) in [7, 11) is 0. The molecule has 1 unspecified atom stereocenters. The number of nitrogens with one attached hydrogen (secondary N) is 1. The SMILES string of the molecule is C=CCSCCNC(C)c1ccc(C#N)cc1. The second kappa shape index (κ2) is 7.94. The third-order valence-electron chi connectivity index (χ3n) is 2.47. The van der Waals surface area contributed by atoms with Crippen LogP contribution in [0.1, 0.15) is 24.1 Å². The maximum atomic E-state index is 8.71. The van der Waals surface area contributed by atoms with E-state index in [9.17, 15) is 0 Å². The molecule has 0 aliphatic carbocycles.